The minimum atomic E-state index is -1.46. The van der Waals surface area contributed by atoms with Crippen LogP contribution in [0.1, 0.15) is 19.8 Å². The minimum absolute atomic E-state index is 0.276. The van der Waals surface area contributed by atoms with E-state index in [0.717, 1.165) is 13.1 Å². The second-order valence-electron chi connectivity index (χ2n) is 3.32. The van der Waals surface area contributed by atoms with Crippen LogP contribution >= 0.6 is 0 Å². The number of ether oxygens (including phenoxy) is 1. The van der Waals surface area contributed by atoms with Gasteiger partial charge in [-0.2, -0.15) is 0 Å². The second-order valence-corrected chi connectivity index (χ2v) is 3.32. The van der Waals surface area contributed by atoms with Gasteiger partial charge in [-0.25, -0.2) is 9.18 Å². The molecule has 0 aliphatic carbocycles. The highest BCUT2D eigenvalue weighted by Crippen LogP contribution is 2.06. The van der Waals surface area contributed by atoms with Crippen molar-refractivity contribution < 1.29 is 13.9 Å². The van der Waals surface area contributed by atoms with Gasteiger partial charge in [-0.15, -0.1) is 0 Å². The average molecular weight is 204 g/mol. The Labute approximate surface area is 83.4 Å². The van der Waals surface area contributed by atoms with Gasteiger partial charge in [0, 0.05) is 32.6 Å². The zero-order valence-electron chi connectivity index (χ0n) is 8.46. The van der Waals surface area contributed by atoms with Gasteiger partial charge in [0.25, 0.3) is 0 Å². The van der Waals surface area contributed by atoms with E-state index in [-0.39, 0.29) is 6.42 Å². The van der Waals surface area contributed by atoms with E-state index in [9.17, 15) is 9.18 Å². The van der Waals surface area contributed by atoms with Gasteiger partial charge in [0.05, 0.1) is 0 Å². The fraction of sp³-hybridized carbons (Fsp3) is 0.889. The van der Waals surface area contributed by atoms with Crippen molar-refractivity contribution in [3.8, 4) is 0 Å². The highest BCUT2D eigenvalue weighted by Gasteiger charge is 2.20. The Balaban J connectivity index is 2.25. The molecule has 1 rings (SSSR count). The van der Waals surface area contributed by atoms with Crippen molar-refractivity contribution in [1.29, 1.82) is 0 Å². The Kier molecular flexibility index (Phi) is 4.65. The molecule has 0 spiro atoms. The van der Waals surface area contributed by atoms with Gasteiger partial charge < -0.3 is 15.0 Å². The number of nitrogens with zero attached hydrogens (tertiary/aromatic N) is 1. The molecule has 1 N–H and O–H groups in total. The number of alkyl halides is 1. The van der Waals surface area contributed by atoms with E-state index in [1.165, 1.54) is 4.90 Å². The summed E-state index contributed by atoms with van der Waals surface area (Å²) in [6, 6.07) is 0. The molecule has 82 valence electrons. The van der Waals surface area contributed by atoms with Crippen molar-refractivity contribution in [2.24, 2.45) is 0 Å². The lowest BCUT2D eigenvalue weighted by atomic mass is 10.3. The van der Waals surface area contributed by atoms with Crippen LogP contribution in [0, 0.1) is 0 Å². The molecule has 0 aromatic rings. The SMILES string of the molecule is CCCC(F)OC(=O)N1CCNCC1. The van der Waals surface area contributed by atoms with Crippen LogP contribution < -0.4 is 5.32 Å². The first-order chi connectivity index (χ1) is 6.74. The summed E-state index contributed by atoms with van der Waals surface area (Å²) < 4.78 is 17.5. The standard InChI is InChI=1S/C9H17FN2O2/c1-2-3-8(10)14-9(13)12-6-4-11-5-7-12/h8,11H,2-7H2,1H3. The van der Waals surface area contributed by atoms with Gasteiger partial charge >= 0.3 is 6.09 Å². The molecule has 1 unspecified atom stereocenters. The van der Waals surface area contributed by atoms with E-state index in [0.29, 0.717) is 19.5 Å². The van der Waals surface area contributed by atoms with Crippen molar-refractivity contribution in [3.63, 3.8) is 0 Å². The second kappa shape index (κ2) is 5.80. The lowest BCUT2D eigenvalue weighted by Gasteiger charge is -2.27. The van der Waals surface area contributed by atoms with Gasteiger partial charge in [0.2, 0.25) is 6.36 Å². The van der Waals surface area contributed by atoms with Crippen molar-refractivity contribution in [2.75, 3.05) is 26.2 Å². The van der Waals surface area contributed by atoms with E-state index in [1.807, 2.05) is 6.92 Å². The molecule has 1 heterocycles. The Hall–Kier alpha value is -0.840. The van der Waals surface area contributed by atoms with E-state index < -0.39 is 12.5 Å². The van der Waals surface area contributed by atoms with E-state index in [4.69, 9.17) is 0 Å². The molecule has 0 bridgehead atoms. The van der Waals surface area contributed by atoms with Gasteiger partial charge in [-0.3, -0.25) is 0 Å². The van der Waals surface area contributed by atoms with Crippen LogP contribution in [0.25, 0.3) is 0 Å². The average Bonchev–Trinajstić information content (AvgIpc) is 2.19. The summed E-state index contributed by atoms with van der Waals surface area (Å²) in [7, 11) is 0. The van der Waals surface area contributed by atoms with E-state index in [1.54, 1.807) is 0 Å². The lowest BCUT2D eigenvalue weighted by molar-refractivity contribution is -0.0123. The topological polar surface area (TPSA) is 41.6 Å². The molecule has 5 heteroatoms. The maximum Gasteiger partial charge on any atom is 0.412 e. The number of rotatable bonds is 3. The molecule has 0 saturated carbocycles. The van der Waals surface area contributed by atoms with Crippen molar-refractivity contribution >= 4 is 6.09 Å². The number of carbonyl (C=O) groups is 1. The third-order valence-electron chi connectivity index (χ3n) is 2.12. The minimum Gasteiger partial charge on any atom is -0.415 e. The Morgan fingerprint density at radius 3 is 2.79 bits per heavy atom. The summed E-state index contributed by atoms with van der Waals surface area (Å²) in [5, 5.41) is 3.10. The number of hydrogen-bond acceptors (Lipinski definition) is 3. The number of piperazine rings is 1. The summed E-state index contributed by atoms with van der Waals surface area (Å²) in [5.41, 5.74) is 0. The monoisotopic (exact) mass is 204 g/mol. The quantitative estimate of drug-likeness (QED) is 0.749. The maximum atomic E-state index is 12.9. The molecule has 0 radical (unpaired) electrons. The number of carbonyl (C=O) groups excluding carboxylic acids is 1. The van der Waals surface area contributed by atoms with E-state index in [2.05, 4.69) is 10.1 Å². The normalized spacial score (nSPS) is 19.1. The van der Waals surface area contributed by atoms with Crippen LogP contribution in [0.2, 0.25) is 0 Å². The van der Waals surface area contributed by atoms with Crippen molar-refractivity contribution in [3.05, 3.63) is 0 Å². The maximum absolute atomic E-state index is 12.9. The lowest BCUT2D eigenvalue weighted by Crippen LogP contribution is -2.47. The summed E-state index contributed by atoms with van der Waals surface area (Å²) in [6.07, 6.45) is -1.04. The predicted molar refractivity (Wildman–Crippen MR) is 50.7 cm³/mol. The first-order valence-electron chi connectivity index (χ1n) is 5.04. The van der Waals surface area contributed by atoms with Crippen molar-refractivity contribution in [2.45, 2.75) is 26.1 Å². The third-order valence-corrected chi connectivity index (χ3v) is 2.12. The largest absolute Gasteiger partial charge is 0.415 e. The van der Waals surface area contributed by atoms with Gasteiger partial charge in [0.15, 0.2) is 0 Å². The van der Waals surface area contributed by atoms with Gasteiger partial charge in [-0.1, -0.05) is 6.92 Å². The summed E-state index contributed by atoms with van der Waals surface area (Å²) in [5.74, 6) is 0. The highest BCUT2D eigenvalue weighted by molar-refractivity contribution is 5.67. The summed E-state index contributed by atoms with van der Waals surface area (Å²) in [6.45, 7) is 4.54. The number of hydrogen-bond donors (Lipinski definition) is 1. The zero-order valence-corrected chi connectivity index (χ0v) is 8.46. The van der Waals surface area contributed by atoms with Crippen LogP contribution in [0.4, 0.5) is 9.18 Å². The van der Waals surface area contributed by atoms with Gasteiger partial charge in [0.1, 0.15) is 0 Å². The molecule has 1 aliphatic rings. The molecule has 1 fully saturated rings. The first-order valence-corrected chi connectivity index (χ1v) is 5.04. The predicted octanol–water partition coefficient (Wildman–Crippen LogP) is 1.12. The van der Waals surface area contributed by atoms with Crippen LogP contribution in [0.15, 0.2) is 0 Å². The van der Waals surface area contributed by atoms with E-state index >= 15 is 0 Å². The highest BCUT2D eigenvalue weighted by atomic mass is 19.1. The molecule has 14 heavy (non-hydrogen) atoms. The Morgan fingerprint density at radius 2 is 2.21 bits per heavy atom. The molecule has 1 saturated heterocycles. The zero-order chi connectivity index (χ0) is 10.4. The molecule has 0 aromatic carbocycles. The molecule has 0 aromatic heterocycles. The molecule has 4 nitrogen and oxygen atoms in total. The molecular formula is C9H17FN2O2. The molecule has 1 atom stereocenters. The van der Waals surface area contributed by atoms with Crippen LogP contribution in [-0.2, 0) is 4.74 Å². The van der Waals surface area contributed by atoms with Crippen LogP contribution in [0.3, 0.4) is 0 Å². The molecule has 1 amide bonds. The third kappa shape index (κ3) is 3.49. The number of halogens is 1. The van der Waals surface area contributed by atoms with Crippen LogP contribution in [0.5, 0.6) is 0 Å². The molecule has 1 aliphatic heterocycles. The van der Waals surface area contributed by atoms with Gasteiger partial charge in [-0.05, 0) is 6.42 Å². The fourth-order valence-electron chi connectivity index (χ4n) is 1.32. The Morgan fingerprint density at radius 1 is 1.57 bits per heavy atom. The van der Waals surface area contributed by atoms with Crippen LogP contribution in [-0.4, -0.2) is 43.5 Å². The summed E-state index contributed by atoms with van der Waals surface area (Å²) in [4.78, 5) is 12.8. The number of amides is 1. The smallest absolute Gasteiger partial charge is 0.412 e. The summed E-state index contributed by atoms with van der Waals surface area (Å²) >= 11 is 0. The van der Waals surface area contributed by atoms with Crippen molar-refractivity contribution in [1.82, 2.24) is 10.2 Å². The number of nitrogens with one attached hydrogen (secondary N) is 1. The first kappa shape index (κ1) is 11.2. The Bertz CT molecular complexity index is 184. The fourth-order valence-corrected chi connectivity index (χ4v) is 1.32. The molecular weight excluding hydrogens is 187 g/mol.